The minimum absolute atomic E-state index is 0.0507. The van der Waals surface area contributed by atoms with Gasteiger partial charge in [0.1, 0.15) is 5.54 Å². The fourth-order valence-electron chi connectivity index (χ4n) is 4.99. The van der Waals surface area contributed by atoms with Crippen LogP contribution in [0.25, 0.3) is 0 Å². The normalized spacial score (nSPS) is 24.6. The molecular formula is C24H29N3O6. The van der Waals surface area contributed by atoms with Gasteiger partial charge in [-0.05, 0) is 45.7 Å². The number of carbonyl (C=O) groups excluding carboxylic acids is 5. The van der Waals surface area contributed by atoms with Gasteiger partial charge in [-0.3, -0.25) is 33.8 Å². The van der Waals surface area contributed by atoms with Crippen molar-refractivity contribution >= 4 is 41.0 Å². The Morgan fingerprint density at radius 1 is 1.09 bits per heavy atom. The molecule has 3 atom stereocenters. The van der Waals surface area contributed by atoms with E-state index >= 15 is 0 Å². The average molecular weight is 456 g/mol. The summed E-state index contributed by atoms with van der Waals surface area (Å²) in [6.45, 7) is 4.64. The highest BCUT2D eigenvalue weighted by Crippen LogP contribution is 2.39. The van der Waals surface area contributed by atoms with E-state index in [1.807, 2.05) is 0 Å². The molecule has 3 unspecified atom stereocenters. The van der Waals surface area contributed by atoms with Gasteiger partial charge < -0.3 is 10.1 Å². The first-order chi connectivity index (χ1) is 15.6. The van der Waals surface area contributed by atoms with Crippen LogP contribution in [0.4, 0.5) is 11.4 Å². The number of para-hydroxylation sites is 2. The van der Waals surface area contributed by atoms with Crippen LogP contribution in [0.2, 0.25) is 0 Å². The zero-order valence-corrected chi connectivity index (χ0v) is 19.1. The summed E-state index contributed by atoms with van der Waals surface area (Å²) in [6.07, 6.45) is 1.95. The maximum Gasteiger partial charge on any atom is 0.308 e. The number of carbonyl (C=O) groups is 5. The number of hydrogen-bond donors (Lipinski definition) is 1. The molecule has 3 aliphatic rings. The Bertz CT molecular complexity index is 995. The number of anilines is 2. The van der Waals surface area contributed by atoms with Crippen molar-refractivity contribution in [2.45, 2.75) is 64.5 Å². The van der Waals surface area contributed by atoms with Gasteiger partial charge in [-0.2, -0.15) is 0 Å². The topological polar surface area (TPSA) is 113 Å². The van der Waals surface area contributed by atoms with Crippen molar-refractivity contribution in [2.24, 2.45) is 11.8 Å². The fraction of sp³-hybridized carbons (Fsp3) is 0.542. The molecule has 1 aliphatic carbocycles. The minimum Gasteiger partial charge on any atom is -0.452 e. The molecule has 1 saturated carbocycles. The Kier molecular flexibility index (Phi) is 5.99. The maximum atomic E-state index is 13.2. The number of nitrogens with one attached hydrogen (secondary N) is 1. The van der Waals surface area contributed by atoms with Gasteiger partial charge in [-0.1, -0.05) is 25.0 Å². The van der Waals surface area contributed by atoms with Gasteiger partial charge in [0.2, 0.25) is 17.7 Å². The lowest BCUT2D eigenvalue weighted by atomic mass is 9.81. The van der Waals surface area contributed by atoms with E-state index in [1.54, 1.807) is 38.1 Å². The predicted molar refractivity (Wildman–Crippen MR) is 119 cm³/mol. The molecule has 1 saturated heterocycles. The van der Waals surface area contributed by atoms with Gasteiger partial charge in [-0.15, -0.1) is 0 Å². The van der Waals surface area contributed by atoms with Crippen molar-refractivity contribution in [1.29, 1.82) is 0 Å². The molecule has 33 heavy (non-hydrogen) atoms. The summed E-state index contributed by atoms with van der Waals surface area (Å²) in [5.74, 6) is -2.52. The molecule has 1 N–H and O–H groups in total. The Morgan fingerprint density at radius 3 is 2.33 bits per heavy atom. The van der Waals surface area contributed by atoms with Crippen molar-refractivity contribution < 1.29 is 28.7 Å². The van der Waals surface area contributed by atoms with Crippen LogP contribution < -0.4 is 10.2 Å². The van der Waals surface area contributed by atoms with Crippen molar-refractivity contribution in [1.82, 2.24) is 4.90 Å². The summed E-state index contributed by atoms with van der Waals surface area (Å²) < 4.78 is 5.35. The molecule has 0 aromatic heterocycles. The van der Waals surface area contributed by atoms with Crippen LogP contribution in [0, 0.1) is 11.8 Å². The quantitative estimate of drug-likeness (QED) is 0.538. The minimum atomic E-state index is -1.18. The number of benzene rings is 1. The molecule has 1 aromatic rings. The number of imide groups is 1. The van der Waals surface area contributed by atoms with Crippen molar-refractivity contribution in [2.75, 3.05) is 16.8 Å². The highest BCUT2D eigenvalue weighted by molar-refractivity contribution is 6.15. The zero-order valence-electron chi connectivity index (χ0n) is 19.1. The van der Waals surface area contributed by atoms with Gasteiger partial charge >= 0.3 is 5.97 Å². The summed E-state index contributed by atoms with van der Waals surface area (Å²) in [7, 11) is 0. The Balaban J connectivity index is 1.40. The molecule has 0 bridgehead atoms. The molecular weight excluding hydrogens is 426 g/mol. The second-order valence-electron chi connectivity index (χ2n) is 9.41. The second kappa shape index (κ2) is 8.61. The summed E-state index contributed by atoms with van der Waals surface area (Å²) >= 11 is 0. The predicted octanol–water partition coefficient (Wildman–Crippen LogP) is 2.25. The van der Waals surface area contributed by atoms with E-state index in [2.05, 4.69) is 5.32 Å². The van der Waals surface area contributed by atoms with Gasteiger partial charge in [0, 0.05) is 6.54 Å². The van der Waals surface area contributed by atoms with Crippen LogP contribution >= 0.6 is 0 Å². The third kappa shape index (κ3) is 4.00. The third-order valence-corrected chi connectivity index (χ3v) is 6.86. The largest absolute Gasteiger partial charge is 0.452 e. The average Bonchev–Trinajstić information content (AvgIpc) is 3.02. The standard InChI is InChI=1S/C24H29N3O6/c1-14(20(29)27-18-11-7-6-10-17(18)25-23(32)24(27,2)3)33-19(28)12-13-26-21(30)15-8-4-5-9-16(15)22(26)31/h6-7,10-11,14-16H,4-5,8-9,12-13H2,1-3H3,(H,25,32). The van der Waals surface area contributed by atoms with Crippen LogP contribution in [0.15, 0.2) is 24.3 Å². The number of rotatable bonds is 5. The molecule has 0 radical (unpaired) electrons. The van der Waals surface area contributed by atoms with Crippen LogP contribution in [0.5, 0.6) is 0 Å². The summed E-state index contributed by atoms with van der Waals surface area (Å²) in [4.78, 5) is 66.0. The highest BCUT2D eigenvalue weighted by Gasteiger charge is 2.48. The van der Waals surface area contributed by atoms with Gasteiger partial charge in [-0.25, -0.2) is 0 Å². The van der Waals surface area contributed by atoms with Crippen LogP contribution in [-0.2, 0) is 28.7 Å². The summed E-state index contributed by atoms with van der Waals surface area (Å²) in [5, 5.41) is 2.79. The number of likely N-dealkylation sites (tertiary alicyclic amines) is 1. The fourth-order valence-corrected chi connectivity index (χ4v) is 4.99. The first kappa shape index (κ1) is 22.9. The van der Waals surface area contributed by atoms with E-state index in [9.17, 15) is 24.0 Å². The lowest BCUT2D eigenvalue weighted by molar-refractivity contribution is -0.155. The smallest absolute Gasteiger partial charge is 0.308 e. The summed E-state index contributed by atoms with van der Waals surface area (Å²) in [5.41, 5.74) is -0.163. The first-order valence-corrected chi connectivity index (χ1v) is 11.4. The summed E-state index contributed by atoms with van der Waals surface area (Å²) in [6, 6.07) is 6.92. The van der Waals surface area contributed by atoms with Crippen molar-refractivity contribution in [3.63, 3.8) is 0 Å². The molecule has 2 heterocycles. The van der Waals surface area contributed by atoms with E-state index < -0.39 is 23.5 Å². The Labute approximate surface area is 192 Å². The Hall–Kier alpha value is -3.23. The Morgan fingerprint density at radius 2 is 1.70 bits per heavy atom. The molecule has 0 spiro atoms. The monoisotopic (exact) mass is 455 g/mol. The number of hydrogen-bond acceptors (Lipinski definition) is 6. The number of nitrogens with zero attached hydrogens (tertiary/aromatic N) is 2. The molecule has 176 valence electrons. The van der Waals surface area contributed by atoms with Gasteiger partial charge in [0.15, 0.2) is 6.10 Å². The molecule has 4 amide bonds. The molecule has 2 fully saturated rings. The zero-order chi connectivity index (χ0) is 23.9. The lowest BCUT2D eigenvalue weighted by Crippen LogP contribution is -2.60. The molecule has 4 rings (SSSR count). The van der Waals surface area contributed by atoms with Crippen molar-refractivity contribution in [3.8, 4) is 0 Å². The molecule has 9 nitrogen and oxygen atoms in total. The maximum absolute atomic E-state index is 13.2. The number of fused-ring (bicyclic) bond motifs is 2. The van der Waals surface area contributed by atoms with E-state index in [0.717, 1.165) is 12.8 Å². The molecule has 9 heteroatoms. The molecule has 2 aliphatic heterocycles. The van der Waals surface area contributed by atoms with E-state index in [0.29, 0.717) is 24.2 Å². The lowest BCUT2D eigenvalue weighted by Gasteiger charge is -2.42. The SMILES string of the molecule is CC(OC(=O)CCN1C(=O)C2CCCCC2C1=O)C(=O)N1c2ccccc2NC(=O)C1(C)C. The number of esters is 1. The first-order valence-electron chi connectivity index (χ1n) is 11.4. The van der Waals surface area contributed by atoms with Gasteiger partial charge in [0.05, 0.1) is 29.6 Å². The van der Waals surface area contributed by atoms with Gasteiger partial charge in [0.25, 0.3) is 5.91 Å². The van der Waals surface area contributed by atoms with Crippen LogP contribution in [0.1, 0.15) is 52.9 Å². The van der Waals surface area contributed by atoms with Crippen LogP contribution in [0.3, 0.4) is 0 Å². The van der Waals surface area contributed by atoms with E-state index in [-0.39, 0.29) is 42.5 Å². The number of ether oxygens (including phenoxy) is 1. The second-order valence-corrected chi connectivity index (χ2v) is 9.41. The van der Waals surface area contributed by atoms with Crippen LogP contribution in [-0.4, -0.2) is 52.7 Å². The molecule has 1 aromatic carbocycles. The number of amides is 4. The van der Waals surface area contributed by atoms with E-state index in [1.165, 1.54) is 16.7 Å². The highest BCUT2D eigenvalue weighted by atomic mass is 16.5. The van der Waals surface area contributed by atoms with E-state index in [4.69, 9.17) is 4.74 Å². The van der Waals surface area contributed by atoms with Crippen molar-refractivity contribution in [3.05, 3.63) is 24.3 Å². The third-order valence-electron chi connectivity index (χ3n) is 6.86.